The van der Waals surface area contributed by atoms with Crippen LogP contribution in [0.15, 0.2) is 85.2 Å². The van der Waals surface area contributed by atoms with Crippen molar-refractivity contribution < 1.29 is 19.4 Å². The monoisotopic (exact) mass is 423 g/mol. The van der Waals surface area contributed by atoms with E-state index in [0.29, 0.717) is 17.1 Å². The van der Waals surface area contributed by atoms with E-state index in [1.54, 1.807) is 36.7 Å². The van der Waals surface area contributed by atoms with Crippen LogP contribution in [0.4, 0.5) is 11.4 Å². The fourth-order valence-corrected chi connectivity index (χ4v) is 3.56. The van der Waals surface area contributed by atoms with E-state index in [4.69, 9.17) is 9.84 Å². The van der Waals surface area contributed by atoms with Crippen molar-refractivity contribution in [3.63, 3.8) is 0 Å². The maximum Gasteiger partial charge on any atom is 0.335 e. The molecule has 4 aromatic rings. The van der Waals surface area contributed by atoms with Gasteiger partial charge in [-0.25, -0.2) is 4.79 Å². The van der Waals surface area contributed by atoms with Gasteiger partial charge in [0.2, 0.25) is 0 Å². The number of pyridine rings is 1. The molecule has 1 aromatic heterocycles. The zero-order valence-corrected chi connectivity index (χ0v) is 16.7. The fourth-order valence-electron chi connectivity index (χ4n) is 3.56. The lowest BCUT2D eigenvalue weighted by Gasteiger charge is -2.08. The molecular weight excluding hydrogens is 406 g/mol. The number of aromatic carboxylic acids is 1. The number of nitrogens with zero attached hydrogens (tertiary/aromatic N) is 1. The molecule has 156 valence electrons. The molecule has 1 aliphatic heterocycles. The number of benzene rings is 3. The Labute approximate surface area is 183 Å². The lowest BCUT2D eigenvalue weighted by molar-refractivity contribution is -0.110. The van der Waals surface area contributed by atoms with Crippen molar-refractivity contribution in [1.29, 1.82) is 0 Å². The average Bonchev–Trinajstić information content (AvgIpc) is 3.14. The Hall–Kier alpha value is -4.65. The van der Waals surface area contributed by atoms with Gasteiger partial charge in [-0.15, -0.1) is 0 Å². The number of nitrogens with one attached hydrogen (secondary N) is 2. The quantitative estimate of drug-likeness (QED) is 0.385. The third kappa shape index (κ3) is 3.63. The highest BCUT2D eigenvalue weighted by molar-refractivity contribution is 6.34. The number of ether oxygens (including phenoxy) is 1. The first-order valence-corrected chi connectivity index (χ1v) is 9.86. The number of anilines is 2. The SMILES string of the molecule is O=C1Nc2ccc3ncccc3c2/C1=C/Nc1ccc(Oc2ccc(C(=O)O)cc2)cc1. The summed E-state index contributed by atoms with van der Waals surface area (Å²) < 4.78 is 5.75. The highest BCUT2D eigenvalue weighted by Gasteiger charge is 2.26. The van der Waals surface area contributed by atoms with Gasteiger partial charge in [-0.1, -0.05) is 6.07 Å². The highest BCUT2D eigenvalue weighted by Crippen LogP contribution is 2.37. The van der Waals surface area contributed by atoms with Crippen LogP contribution in [0.5, 0.6) is 11.5 Å². The zero-order valence-electron chi connectivity index (χ0n) is 16.7. The molecule has 7 nitrogen and oxygen atoms in total. The molecule has 3 aromatic carbocycles. The van der Waals surface area contributed by atoms with Crippen LogP contribution < -0.4 is 15.4 Å². The Balaban J connectivity index is 1.34. The van der Waals surface area contributed by atoms with Crippen molar-refractivity contribution >= 4 is 39.7 Å². The molecule has 7 heteroatoms. The van der Waals surface area contributed by atoms with Crippen LogP contribution >= 0.6 is 0 Å². The first kappa shape index (κ1) is 19.3. The molecule has 0 saturated heterocycles. The van der Waals surface area contributed by atoms with Gasteiger partial charge in [-0.3, -0.25) is 9.78 Å². The van der Waals surface area contributed by atoms with Crippen LogP contribution in [0.2, 0.25) is 0 Å². The van der Waals surface area contributed by atoms with Gasteiger partial charge in [0.25, 0.3) is 5.91 Å². The number of aromatic nitrogens is 1. The predicted molar refractivity (Wildman–Crippen MR) is 122 cm³/mol. The van der Waals surface area contributed by atoms with Gasteiger partial charge >= 0.3 is 5.97 Å². The van der Waals surface area contributed by atoms with Gasteiger partial charge in [-0.2, -0.15) is 0 Å². The minimum atomic E-state index is -0.982. The molecule has 0 unspecified atom stereocenters. The zero-order chi connectivity index (χ0) is 22.1. The summed E-state index contributed by atoms with van der Waals surface area (Å²) in [5, 5.41) is 15.9. The smallest absolute Gasteiger partial charge is 0.335 e. The van der Waals surface area contributed by atoms with Crippen molar-refractivity contribution in [3.05, 3.63) is 96.3 Å². The highest BCUT2D eigenvalue weighted by atomic mass is 16.5. The lowest BCUT2D eigenvalue weighted by atomic mass is 10.0. The van der Waals surface area contributed by atoms with E-state index in [2.05, 4.69) is 15.6 Å². The summed E-state index contributed by atoms with van der Waals surface area (Å²) in [6.07, 6.45) is 3.42. The predicted octanol–water partition coefficient (Wildman–Crippen LogP) is 5.13. The third-order valence-electron chi connectivity index (χ3n) is 5.12. The number of carbonyl (C=O) groups is 2. The van der Waals surface area contributed by atoms with E-state index >= 15 is 0 Å². The van der Waals surface area contributed by atoms with Crippen LogP contribution in [-0.4, -0.2) is 22.0 Å². The van der Waals surface area contributed by atoms with Crippen LogP contribution in [0.3, 0.4) is 0 Å². The van der Waals surface area contributed by atoms with Crippen molar-refractivity contribution in [2.45, 2.75) is 0 Å². The van der Waals surface area contributed by atoms with Gasteiger partial charge in [0.05, 0.1) is 16.7 Å². The first-order valence-electron chi connectivity index (χ1n) is 9.86. The molecule has 32 heavy (non-hydrogen) atoms. The average molecular weight is 423 g/mol. The van der Waals surface area contributed by atoms with Crippen molar-refractivity contribution in [2.75, 3.05) is 10.6 Å². The van der Waals surface area contributed by atoms with Gasteiger partial charge in [-0.05, 0) is 66.7 Å². The number of hydrogen-bond donors (Lipinski definition) is 3. The Morgan fingerprint density at radius 1 is 0.969 bits per heavy atom. The number of carboxylic acids is 1. The molecule has 0 spiro atoms. The molecule has 0 fully saturated rings. The van der Waals surface area contributed by atoms with Crippen LogP contribution in [0.1, 0.15) is 15.9 Å². The van der Waals surface area contributed by atoms with E-state index in [0.717, 1.165) is 27.8 Å². The van der Waals surface area contributed by atoms with Crippen molar-refractivity contribution in [1.82, 2.24) is 4.98 Å². The molecular formula is C25H17N3O4. The number of carbonyl (C=O) groups excluding carboxylic acids is 1. The number of rotatable bonds is 5. The number of carboxylic acid groups (broad SMARTS) is 1. The number of amides is 1. The summed E-state index contributed by atoms with van der Waals surface area (Å²) in [7, 11) is 0. The van der Waals surface area contributed by atoms with Gasteiger partial charge < -0.3 is 20.5 Å². The van der Waals surface area contributed by atoms with E-state index in [1.165, 1.54) is 12.1 Å². The van der Waals surface area contributed by atoms with Crippen LogP contribution in [-0.2, 0) is 4.79 Å². The molecule has 0 aliphatic carbocycles. The van der Waals surface area contributed by atoms with Crippen LogP contribution in [0.25, 0.3) is 16.5 Å². The van der Waals surface area contributed by atoms with Gasteiger partial charge in [0.15, 0.2) is 0 Å². The van der Waals surface area contributed by atoms with Crippen molar-refractivity contribution in [2.24, 2.45) is 0 Å². The van der Waals surface area contributed by atoms with E-state index in [9.17, 15) is 9.59 Å². The van der Waals surface area contributed by atoms with Gasteiger partial charge in [0.1, 0.15) is 11.5 Å². The number of fused-ring (bicyclic) bond motifs is 3. The molecule has 1 aliphatic rings. The normalized spacial score (nSPS) is 13.6. The summed E-state index contributed by atoms with van der Waals surface area (Å²) in [5.74, 6) is -0.0117. The Kier molecular flexibility index (Phi) is 4.76. The van der Waals surface area contributed by atoms with E-state index in [-0.39, 0.29) is 11.5 Å². The summed E-state index contributed by atoms with van der Waals surface area (Å²) in [5.41, 5.74) is 3.94. The molecule has 0 radical (unpaired) electrons. The van der Waals surface area contributed by atoms with Crippen molar-refractivity contribution in [3.8, 4) is 11.5 Å². The largest absolute Gasteiger partial charge is 0.478 e. The summed E-state index contributed by atoms with van der Waals surface area (Å²) in [6, 6.07) is 21.0. The van der Waals surface area contributed by atoms with Gasteiger partial charge in [0, 0.05) is 34.7 Å². The first-order chi connectivity index (χ1) is 15.6. The Morgan fingerprint density at radius 3 is 2.41 bits per heavy atom. The maximum absolute atomic E-state index is 12.5. The topological polar surface area (TPSA) is 101 Å². The molecule has 1 amide bonds. The minimum absolute atomic E-state index is 0.173. The molecule has 2 heterocycles. The maximum atomic E-state index is 12.5. The standard InChI is InChI=1S/C25H17N3O4/c29-24-20(23-19-2-1-13-26-21(19)11-12-22(23)28-24)14-27-16-5-9-18(10-6-16)32-17-7-3-15(4-8-17)25(30)31/h1-14,27H,(H,28,29)(H,30,31)/b20-14-. The summed E-state index contributed by atoms with van der Waals surface area (Å²) >= 11 is 0. The molecule has 5 rings (SSSR count). The lowest BCUT2D eigenvalue weighted by Crippen LogP contribution is -2.05. The van der Waals surface area contributed by atoms with E-state index in [1.807, 2.05) is 36.4 Å². The second kappa shape index (κ2) is 7.88. The molecule has 0 atom stereocenters. The minimum Gasteiger partial charge on any atom is -0.478 e. The summed E-state index contributed by atoms with van der Waals surface area (Å²) in [4.78, 5) is 27.8. The molecule has 0 saturated carbocycles. The Bertz CT molecular complexity index is 1380. The van der Waals surface area contributed by atoms with Crippen LogP contribution in [0, 0.1) is 0 Å². The number of hydrogen-bond acceptors (Lipinski definition) is 5. The summed E-state index contributed by atoms with van der Waals surface area (Å²) in [6.45, 7) is 0. The molecule has 3 N–H and O–H groups in total. The second-order valence-electron chi connectivity index (χ2n) is 7.17. The second-order valence-corrected chi connectivity index (χ2v) is 7.17. The fraction of sp³-hybridized carbons (Fsp3) is 0. The Morgan fingerprint density at radius 2 is 1.69 bits per heavy atom. The van der Waals surface area contributed by atoms with E-state index < -0.39 is 5.97 Å². The molecule has 0 bridgehead atoms. The third-order valence-corrected chi connectivity index (χ3v) is 5.12.